The minimum atomic E-state index is 0.0155. The van der Waals surface area contributed by atoms with E-state index in [-0.39, 0.29) is 10.8 Å². The highest BCUT2D eigenvalue weighted by atomic mass is 16.5. The van der Waals surface area contributed by atoms with Gasteiger partial charge in [-0.15, -0.1) is 0 Å². The molecule has 2 rings (SSSR count). The molecule has 0 fully saturated rings. The lowest BCUT2D eigenvalue weighted by Gasteiger charge is -2.31. The van der Waals surface area contributed by atoms with Gasteiger partial charge in [-0.1, -0.05) is 67.2 Å². The van der Waals surface area contributed by atoms with Crippen molar-refractivity contribution in [3.63, 3.8) is 0 Å². The summed E-state index contributed by atoms with van der Waals surface area (Å²) in [4.78, 5) is 9.74. The first-order valence-electron chi connectivity index (χ1n) is 10.7. The molecule has 1 heterocycles. The van der Waals surface area contributed by atoms with Crippen LogP contribution < -0.4 is 4.74 Å². The van der Waals surface area contributed by atoms with Gasteiger partial charge in [-0.3, -0.25) is 4.98 Å². The van der Waals surface area contributed by atoms with E-state index in [1.54, 1.807) is 7.11 Å². The van der Waals surface area contributed by atoms with Gasteiger partial charge in [-0.25, -0.2) is 4.98 Å². The first kappa shape index (κ1) is 21.7. The number of ether oxygens (including phenoxy) is 1. The number of aromatic nitrogens is 2. The Morgan fingerprint density at radius 2 is 1.59 bits per heavy atom. The quantitative estimate of drug-likeness (QED) is 0.453. The maximum atomic E-state index is 5.77. The third kappa shape index (κ3) is 4.80. The Hall–Kier alpha value is -1.64. The highest BCUT2D eigenvalue weighted by Gasteiger charge is 2.28. The Balaban J connectivity index is 2.56. The molecule has 1 aromatic heterocycles. The van der Waals surface area contributed by atoms with Crippen molar-refractivity contribution in [1.29, 1.82) is 0 Å². The van der Waals surface area contributed by atoms with Crippen LogP contribution in [0.1, 0.15) is 97.7 Å². The van der Waals surface area contributed by atoms with Crippen molar-refractivity contribution < 1.29 is 4.74 Å². The predicted molar refractivity (Wildman–Crippen MR) is 116 cm³/mol. The molecule has 0 aliphatic rings. The molecule has 3 heteroatoms. The molecule has 0 aliphatic carbocycles. The maximum absolute atomic E-state index is 5.77. The predicted octanol–water partition coefficient (Wildman–Crippen LogP) is 6.96. The summed E-state index contributed by atoms with van der Waals surface area (Å²) in [5, 5.41) is 0. The number of hydrogen-bond acceptors (Lipinski definition) is 3. The van der Waals surface area contributed by atoms with Crippen LogP contribution in [0.3, 0.4) is 0 Å². The van der Waals surface area contributed by atoms with E-state index in [2.05, 4.69) is 53.7 Å². The number of rotatable bonds is 10. The van der Waals surface area contributed by atoms with Crippen molar-refractivity contribution in [2.24, 2.45) is 0 Å². The molecule has 0 saturated heterocycles. The maximum Gasteiger partial charge on any atom is 0.147 e. The lowest BCUT2D eigenvalue weighted by atomic mass is 9.74. The molecule has 0 amide bonds. The van der Waals surface area contributed by atoms with Gasteiger partial charge >= 0.3 is 0 Å². The van der Waals surface area contributed by atoms with E-state index in [0.29, 0.717) is 0 Å². The molecule has 0 atom stereocenters. The summed E-state index contributed by atoms with van der Waals surface area (Å²) >= 11 is 0. The Kier molecular flexibility index (Phi) is 7.25. The average molecular weight is 371 g/mol. The van der Waals surface area contributed by atoms with E-state index in [0.717, 1.165) is 28.9 Å². The molecule has 3 nitrogen and oxygen atoms in total. The van der Waals surface area contributed by atoms with Crippen molar-refractivity contribution in [2.75, 3.05) is 7.11 Å². The smallest absolute Gasteiger partial charge is 0.147 e. The standard InChI is InChI=1S/C24H38N2O/c1-8-11-13-24(6,14-12-9-2)18-15-19-22(20(16-18)27-7)26-21(17-25-19)23(4,5)10-3/h15-17H,8-14H2,1-7H3. The zero-order chi connectivity index (χ0) is 20.1. The van der Waals surface area contributed by atoms with Crippen LogP contribution in [-0.4, -0.2) is 17.1 Å². The van der Waals surface area contributed by atoms with Crippen LogP contribution in [0.4, 0.5) is 0 Å². The van der Waals surface area contributed by atoms with E-state index >= 15 is 0 Å². The molecule has 0 spiro atoms. The zero-order valence-corrected chi connectivity index (χ0v) is 18.5. The van der Waals surface area contributed by atoms with Crippen LogP contribution in [0.2, 0.25) is 0 Å². The SMILES string of the molecule is CCCCC(C)(CCCC)c1cc(OC)c2nc(C(C)(C)CC)cnc2c1. The Labute approximate surface area is 166 Å². The van der Waals surface area contributed by atoms with Gasteiger partial charge in [-0.05, 0) is 42.4 Å². The van der Waals surface area contributed by atoms with Crippen LogP contribution in [0.25, 0.3) is 11.0 Å². The van der Waals surface area contributed by atoms with E-state index in [1.807, 2.05) is 6.20 Å². The highest BCUT2D eigenvalue weighted by molar-refractivity contribution is 5.82. The number of nitrogens with zero attached hydrogens (tertiary/aromatic N) is 2. The molecule has 0 saturated carbocycles. The van der Waals surface area contributed by atoms with E-state index in [4.69, 9.17) is 14.7 Å². The lowest BCUT2D eigenvalue weighted by Crippen LogP contribution is -2.22. The summed E-state index contributed by atoms with van der Waals surface area (Å²) in [7, 11) is 1.74. The molecular weight excluding hydrogens is 332 g/mol. The van der Waals surface area contributed by atoms with Gasteiger partial charge in [0.05, 0.1) is 18.3 Å². The van der Waals surface area contributed by atoms with Crippen molar-refractivity contribution in [3.8, 4) is 5.75 Å². The second-order valence-electron chi connectivity index (χ2n) is 8.81. The van der Waals surface area contributed by atoms with Crippen LogP contribution in [0.5, 0.6) is 5.75 Å². The molecular formula is C24H38N2O. The molecule has 150 valence electrons. The fourth-order valence-corrected chi connectivity index (χ4v) is 3.64. The molecule has 0 bridgehead atoms. The molecule has 27 heavy (non-hydrogen) atoms. The molecule has 2 aromatic rings. The summed E-state index contributed by atoms with van der Waals surface area (Å²) in [6.45, 7) is 13.6. The topological polar surface area (TPSA) is 35.0 Å². The second-order valence-corrected chi connectivity index (χ2v) is 8.81. The summed E-state index contributed by atoms with van der Waals surface area (Å²) in [5.41, 5.74) is 4.37. The minimum Gasteiger partial charge on any atom is -0.494 e. The Morgan fingerprint density at radius 1 is 0.963 bits per heavy atom. The zero-order valence-electron chi connectivity index (χ0n) is 18.5. The first-order chi connectivity index (χ1) is 12.8. The normalized spacial score (nSPS) is 12.6. The van der Waals surface area contributed by atoms with Crippen LogP contribution in [-0.2, 0) is 10.8 Å². The number of unbranched alkanes of at least 4 members (excludes halogenated alkanes) is 2. The summed E-state index contributed by atoms with van der Waals surface area (Å²) in [6, 6.07) is 4.46. The summed E-state index contributed by atoms with van der Waals surface area (Å²) in [6.07, 6.45) is 10.3. The van der Waals surface area contributed by atoms with Crippen molar-refractivity contribution in [3.05, 3.63) is 29.6 Å². The van der Waals surface area contributed by atoms with Gasteiger partial charge in [0.1, 0.15) is 11.3 Å². The Bertz CT molecular complexity index is 743. The first-order valence-corrected chi connectivity index (χ1v) is 10.7. The second kappa shape index (κ2) is 9.03. The van der Waals surface area contributed by atoms with Gasteiger partial charge in [0.2, 0.25) is 0 Å². The van der Waals surface area contributed by atoms with Gasteiger partial charge in [0.15, 0.2) is 0 Å². The van der Waals surface area contributed by atoms with Gasteiger partial charge in [-0.2, -0.15) is 0 Å². The molecule has 0 unspecified atom stereocenters. The number of methoxy groups -OCH3 is 1. The highest BCUT2D eigenvalue weighted by Crippen LogP contribution is 2.39. The third-order valence-electron chi connectivity index (χ3n) is 6.27. The van der Waals surface area contributed by atoms with Crippen molar-refractivity contribution in [1.82, 2.24) is 9.97 Å². The van der Waals surface area contributed by atoms with E-state index in [1.165, 1.54) is 44.1 Å². The Morgan fingerprint density at radius 3 is 2.11 bits per heavy atom. The van der Waals surface area contributed by atoms with Crippen molar-refractivity contribution in [2.45, 2.75) is 97.3 Å². The third-order valence-corrected chi connectivity index (χ3v) is 6.27. The largest absolute Gasteiger partial charge is 0.494 e. The minimum absolute atomic E-state index is 0.0155. The van der Waals surface area contributed by atoms with Crippen molar-refractivity contribution >= 4 is 11.0 Å². The van der Waals surface area contributed by atoms with Gasteiger partial charge < -0.3 is 4.74 Å². The molecule has 0 aliphatic heterocycles. The lowest BCUT2D eigenvalue weighted by molar-refractivity contribution is 0.370. The monoisotopic (exact) mass is 370 g/mol. The van der Waals surface area contributed by atoms with Crippen LogP contribution >= 0.6 is 0 Å². The van der Waals surface area contributed by atoms with Crippen LogP contribution in [0, 0.1) is 0 Å². The fraction of sp³-hybridized carbons (Fsp3) is 0.667. The molecule has 1 aromatic carbocycles. The van der Waals surface area contributed by atoms with Gasteiger partial charge in [0.25, 0.3) is 0 Å². The number of benzene rings is 1. The van der Waals surface area contributed by atoms with E-state index in [9.17, 15) is 0 Å². The number of fused-ring (bicyclic) bond motifs is 1. The summed E-state index contributed by atoms with van der Waals surface area (Å²) < 4.78 is 5.77. The van der Waals surface area contributed by atoms with Crippen LogP contribution in [0.15, 0.2) is 18.3 Å². The fourth-order valence-electron chi connectivity index (χ4n) is 3.64. The molecule has 0 N–H and O–H groups in total. The average Bonchev–Trinajstić information content (AvgIpc) is 2.69. The molecule has 0 radical (unpaired) electrons. The number of hydrogen-bond donors (Lipinski definition) is 0. The van der Waals surface area contributed by atoms with Gasteiger partial charge in [0, 0.05) is 11.6 Å². The van der Waals surface area contributed by atoms with E-state index < -0.39 is 0 Å². The summed E-state index contributed by atoms with van der Waals surface area (Å²) in [5.74, 6) is 0.850.